The van der Waals surface area contributed by atoms with Crippen molar-refractivity contribution >= 4 is 17.2 Å². The molecule has 28 heavy (non-hydrogen) atoms. The first-order chi connectivity index (χ1) is 13.6. The summed E-state index contributed by atoms with van der Waals surface area (Å²) in [5.74, 6) is 0.878. The van der Waals surface area contributed by atoms with Crippen LogP contribution in [0.5, 0.6) is 5.75 Å². The fraction of sp³-hybridized carbons (Fsp3) is 0.364. The molecule has 1 N–H and O–H groups in total. The van der Waals surface area contributed by atoms with Crippen molar-refractivity contribution in [1.82, 2.24) is 9.38 Å². The van der Waals surface area contributed by atoms with E-state index in [0.717, 1.165) is 43.0 Å². The zero-order valence-electron chi connectivity index (χ0n) is 16.3. The molecule has 0 atom stereocenters. The Bertz CT molecular complexity index is 990. The number of benzene rings is 1. The number of carbonyl (C=O) groups excluding carboxylic acids is 1. The van der Waals surface area contributed by atoms with Crippen molar-refractivity contribution in [3.63, 3.8) is 0 Å². The number of aromatic nitrogens is 2. The summed E-state index contributed by atoms with van der Waals surface area (Å²) >= 11 is 0. The van der Waals surface area contributed by atoms with Crippen LogP contribution in [0, 0.1) is 6.92 Å². The highest BCUT2D eigenvalue weighted by Gasteiger charge is 2.20. The molecule has 3 aromatic rings. The van der Waals surface area contributed by atoms with Crippen LogP contribution in [0.3, 0.4) is 0 Å². The van der Waals surface area contributed by atoms with Crippen LogP contribution in [0.1, 0.15) is 47.3 Å². The molecular weight excluding hydrogens is 354 g/mol. The molecule has 6 nitrogen and oxygen atoms in total. The van der Waals surface area contributed by atoms with Crippen LogP contribution in [-0.2, 0) is 4.74 Å². The minimum Gasteiger partial charge on any atom is -0.491 e. The van der Waals surface area contributed by atoms with Gasteiger partial charge in [0, 0.05) is 43.2 Å². The first-order valence-electron chi connectivity index (χ1n) is 9.75. The number of imidazole rings is 1. The normalized spacial score (nSPS) is 14.9. The Labute approximate surface area is 164 Å². The Morgan fingerprint density at radius 1 is 1.29 bits per heavy atom. The number of fused-ring (bicyclic) bond motifs is 1. The van der Waals surface area contributed by atoms with Gasteiger partial charge in [0.25, 0.3) is 5.91 Å². The minimum absolute atomic E-state index is 0.159. The van der Waals surface area contributed by atoms with E-state index in [-0.39, 0.29) is 5.91 Å². The maximum atomic E-state index is 12.7. The predicted octanol–water partition coefficient (Wildman–Crippen LogP) is 4.19. The maximum absolute atomic E-state index is 12.7. The van der Waals surface area contributed by atoms with Crippen LogP contribution in [0.4, 0.5) is 5.69 Å². The molecule has 4 rings (SSSR count). The first kappa shape index (κ1) is 18.5. The fourth-order valence-electron chi connectivity index (χ4n) is 3.58. The lowest BCUT2D eigenvalue weighted by atomic mass is 9.97. The molecular formula is C22H25N3O3. The fourth-order valence-corrected chi connectivity index (χ4v) is 3.58. The standard InChI is InChI=1S/C22H25N3O3/c1-3-28-20-12-21-23-18(16-7-9-27-10-8-16)13-25(21)14-19(20)24-22(26)17-6-4-5-15(2)11-17/h4-6,11-14,16H,3,7-10H2,1-2H3,(H,24,26). The average Bonchev–Trinajstić information content (AvgIpc) is 3.12. The Morgan fingerprint density at radius 2 is 2.11 bits per heavy atom. The van der Waals surface area contributed by atoms with E-state index < -0.39 is 0 Å². The molecule has 1 aliphatic heterocycles. The third-order valence-corrected chi connectivity index (χ3v) is 5.04. The molecule has 3 heterocycles. The molecule has 2 aromatic heterocycles. The number of amides is 1. The summed E-state index contributed by atoms with van der Waals surface area (Å²) in [5.41, 5.74) is 4.18. The van der Waals surface area contributed by atoms with E-state index in [0.29, 0.717) is 29.5 Å². The molecule has 1 fully saturated rings. The largest absolute Gasteiger partial charge is 0.491 e. The van der Waals surface area contributed by atoms with Gasteiger partial charge in [0.1, 0.15) is 17.1 Å². The van der Waals surface area contributed by atoms with E-state index in [1.165, 1.54) is 0 Å². The minimum atomic E-state index is -0.159. The van der Waals surface area contributed by atoms with Gasteiger partial charge < -0.3 is 19.2 Å². The predicted molar refractivity (Wildman–Crippen MR) is 108 cm³/mol. The second kappa shape index (κ2) is 8.02. The van der Waals surface area contributed by atoms with Gasteiger partial charge in [-0.25, -0.2) is 4.98 Å². The molecule has 0 bridgehead atoms. The molecule has 146 valence electrons. The zero-order chi connectivity index (χ0) is 19.5. The molecule has 1 aliphatic rings. The maximum Gasteiger partial charge on any atom is 0.255 e. The SMILES string of the molecule is CCOc1cc2nc(C3CCOCC3)cn2cc1NC(=O)c1cccc(C)c1. The van der Waals surface area contributed by atoms with Gasteiger partial charge in [0.2, 0.25) is 0 Å². The van der Waals surface area contributed by atoms with E-state index in [1.54, 1.807) is 0 Å². The smallest absolute Gasteiger partial charge is 0.255 e. The average molecular weight is 379 g/mol. The summed E-state index contributed by atoms with van der Waals surface area (Å²) in [4.78, 5) is 17.5. The van der Waals surface area contributed by atoms with Crippen molar-refractivity contribution < 1.29 is 14.3 Å². The summed E-state index contributed by atoms with van der Waals surface area (Å²) in [6, 6.07) is 9.42. The van der Waals surface area contributed by atoms with Gasteiger partial charge in [0.05, 0.1) is 12.3 Å². The summed E-state index contributed by atoms with van der Waals surface area (Å²) in [7, 11) is 0. The van der Waals surface area contributed by atoms with Crippen LogP contribution in [0.25, 0.3) is 5.65 Å². The number of hydrogen-bond donors (Lipinski definition) is 1. The second-order valence-corrected chi connectivity index (χ2v) is 7.13. The third kappa shape index (κ3) is 3.87. The van der Waals surface area contributed by atoms with Gasteiger partial charge >= 0.3 is 0 Å². The Hall–Kier alpha value is -2.86. The van der Waals surface area contributed by atoms with Crippen LogP contribution in [0.15, 0.2) is 42.7 Å². The van der Waals surface area contributed by atoms with Crippen LogP contribution in [0.2, 0.25) is 0 Å². The number of rotatable bonds is 5. The first-order valence-corrected chi connectivity index (χ1v) is 9.75. The van der Waals surface area contributed by atoms with E-state index in [1.807, 2.05) is 61.0 Å². The molecule has 0 spiro atoms. The summed E-state index contributed by atoms with van der Waals surface area (Å²) in [5, 5.41) is 2.99. The zero-order valence-corrected chi connectivity index (χ0v) is 16.3. The summed E-state index contributed by atoms with van der Waals surface area (Å²) in [6.45, 7) is 5.96. The van der Waals surface area contributed by atoms with Gasteiger partial charge in [-0.2, -0.15) is 0 Å². The van der Waals surface area contributed by atoms with Gasteiger partial charge in [-0.3, -0.25) is 4.79 Å². The van der Waals surface area contributed by atoms with Crippen molar-refractivity contribution in [2.75, 3.05) is 25.1 Å². The van der Waals surface area contributed by atoms with Gasteiger partial charge in [-0.15, -0.1) is 0 Å². The molecule has 6 heteroatoms. The van der Waals surface area contributed by atoms with Crippen LogP contribution < -0.4 is 10.1 Å². The highest BCUT2D eigenvalue weighted by molar-refractivity contribution is 6.05. The van der Waals surface area contributed by atoms with Gasteiger partial charge in [-0.05, 0) is 38.8 Å². The third-order valence-electron chi connectivity index (χ3n) is 5.04. The second-order valence-electron chi connectivity index (χ2n) is 7.13. The molecule has 0 saturated carbocycles. The van der Waals surface area contributed by atoms with Crippen molar-refractivity contribution in [2.45, 2.75) is 32.6 Å². The van der Waals surface area contributed by atoms with Crippen molar-refractivity contribution in [1.29, 1.82) is 0 Å². The lowest BCUT2D eigenvalue weighted by molar-refractivity contribution is 0.0846. The topological polar surface area (TPSA) is 64.9 Å². The lowest BCUT2D eigenvalue weighted by Gasteiger charge is -2.19. The van der Waals surface area contributed by atoms with E-state index in [2.05, 4.69) is 5.32 Å². The van der Waals surface area contributed by atoms with Crippen LogP contribution in [-0.4, -0.2) is 35.1 Å². The summed E-state index contributed by atoms with van der Waals surface area (Å²) in [6.07, 6.45) is 5.89. The van der Waals surface area contributed by atoms with Crippen molar-refractivity contribution in [3.8, 4) is 5.75 Å². The quantitative estimate of drug-likeness (QED) is 0.722. The number of carbonyl (C=O) groups is 1. The molecule has 0 aliphatic carbocycles. The summed E-state index contributed by atoms with van der Waals surface area (Å²) < 4.78 is 13.2. The van der Waals surface area contributed by atoms with Gasteiger partial charge in [-0.1, -0.05) is 17.7 Å². The monoisotopic (exact) mass is 379 g/mol. The number of nitrogens with zero attached hydrogens (tertiary/aromatic N) is 2. The van der Waals surface area contributed by atoms with Crippen molar-refractivity contribution in [2.24, 2.45) is 0 Å². The van der Waals surface area contributed by atoms with Crippen LogP contribution >= 0.6 is 0 Å². The van der Waals surface area contributed by atoms with Crippen molar-refractivity contribution in [3.05, 3.63) is 59.5 Å². The molecule has 0 unspecified atom stereocenters. The Morgan fingerprint density at radius 3 is 2.86 bits per heavy atom. The lowest BCUT2D eigenvalue weighted by Crippen LogP contribution is -2.14. The van der Waals surface area contributed by atoms with Gasteiger partial charge in [0.15, 0.2) is 0 Å². The Balaban J connectivity index is 1.65. The number of ether oxygens (including phenoxy) is 2. The van der Waals surface area contributed by atoms with E-state index >= 15 is 0 Å². The molecule has 0 radical (unpaired) electrons. The highest BCUT2D eigenvalue weighted by atomic mass is 16.5. The molecule has 1 aromatic carbocycles. The highest BCUT2D eigenvalue weighted by Crippen LogP contribution is 2.30. The van der Waals surface area contributed by atoms with E-state index in [9.17, 15) is 4.79 Å². The number of aryl methyl sites for hydroxylation is 1. The number of anilines is 1. The number of nitrogens with one attached hydrogen (secondary N) is 1. The number of hydrogen-bond acceptors (Lipinski definition) is 4. The van der Waals surface area contributed by atoms with E-state index in [4.69, 9.17) is 14.5 Å². The Kier molecular flexibility index (Phi) is 5.30. The molecule has 1 amide bonds. The molecule has 1 saturated heterocycles. The number of pyridine rings is 1.